The molecule has 0 radical (unpaired) electrons. The molecule has 2 aromatic heterocycles. The average Bonchev–Trinajstić information content (AvgIpc) is 2.91. The number of rotatable bonds is 2. The largest absolute Gasteiger partial charge is 0.400 e. The molecule has 2 N–H and O–H groups in total. The van der Waals surface area contributed by atoms with Crippen molar-refractivity contribution in [2.45, 2.75) is 44.1 Å². The lowest BCUT2D eigenvalue weighted by Crippen LogP contribution is -2.42. The minimum Gasteiger partial charge on any atom is -0.400 e. The second-order valence-corrected chi connectivity index (χ2v) is 10.4. The molecule has 1 aromatic carbocycles. The van der Waals surface area contributed by atoms with Gasteiger partial charge in [0.1, 0.15) is 0 Å². The van der Waals surface area contributed by atoms with Gasteiger partial charge in [-0.15, -0.1) is 24.8 Å². The zero-order chi connectivity index (χ0) is 24.0. The number of piperidine rings is 2. The van der Waals surface area contributed by atoms with E-state index in [1.807, 2.05) is 12.4 Å². The van der Waals surface area contributed by atoms with Crippen molar-refractivity contribution in [2.24, 2.45) is 11.8 Å². The molecule has 2 fully saturated rings. The van der Waals surface area contributed by atoms with Gasteiger partial charge in [-0.1, -0.05) is 42.5 Å². The maximum atomic E-state index is 7.00. The topological polar surface area (TPSA) is 61.3 Å². The summed E-state index contributed by atoms with van der Waals surface area (Å²) in [5.41, 5.74) is 7.12. The molecular weight excluding hydrogens is 503 g/mol. The Morgan fingerprint density at radius 1 is 0.757 bits per heavy atom. The van der Waals surface area contributed by atoms with Gasteiger partial charge < -0.3 is 10.4 Å². The summed E-state index contributed by atoms with van der Waals surface area (Å²) in [5.74, 6) is 3.00. The van der Waals surface area contributed by atoms with Crippen molar-refractivity contribution in [2.75, 3.05) is 33.3 Å². The van der Waals surface area contributed by atoms with Crippen LogP contribution in [0.15, 0.2) is 67.0 Å². The Hall–Kier alpha value is -2.02. The molecule has 0 amide bonds. The molecule has 4 bridgehead atoms. The van der Waals surface area contributed by atoms with E-state index in [9.17, 15) is 0 Å². The summed E-state index contributed by atoms with van der Waals surface area (Å²) in [6.07, 6.45) is 8.99. The normalized spacial score (nSPS) is 24.7. The molecule has 4 unspecified atom stereocenters. The third-order valence-corrected chi connectivity index (χ3v) is 7.95. The van der Waals surface area contributed by atoms with Crippen LogP contribution in [-0.4, -0.2) is 53.3 Å². The number of nitrogens with one attached hydrogen (secondary N) is 1. The van der Waals surface area contributed by atoms with E-state index in [-0.39, 0.29) is 24.8 Å². The van der Waals surface area contributed by atoms with Crippen molar-refractivity contribution in [3.63, 3.8) is 0 Å². The maximum Gasteiger partial charge on any atom is 0.0479 e. The van der Waals surface area contributed by atoms with E-state index in [0.29, 0.717) is 11.8 Å². The summed E-state index contributed by atoms with van der Waals surface area (Å²) in [6.45, 7) is 5.80. The highest BCUT2D eigenvalue weighted by Crippen LogP contribution is 2.38. The van der Waals surface area contributed by atoms with Crippen molar-refractivity contribution in [1.29, 1.82) is 0 Å². The highest BCUT2D eigenvalue weighted by atomic mass is 35.5. The Labute approximate surface area is 233 Å². The number of likely N-dealkylation sites (tertiary alicyclic amines) is 1. The highest BCUT2D eigenvalue weighted by Gasteiger charge is 2.34. The van der Waals surface area contributed by atoms with Crippen LogP contribution < -0.4 is 5.32 Å². The number of hydrogen-bond donors (Lipinski definition) is 2. The van der Waals surface area contributed by atoms with Gasteiger partial charge >= 0.3 is 0 Å². The zero-order valence-corrected chi connectivity index (χ0v) is 23.3. The van der Waals surface area contributed by atoms with Gasteiger partial charge in [-0.05, 0) is 72.9 Å². The number of hydrogen-bond acceptors (Lipinski definition) is 5. The lowest BCUT2D eigenvalue weighted by atomic mass is 9.76. The molecule has 37 heavy (non-hydrogen) atoms. The minimum atomic E-state index is 0. The molecule has 200 valence electrons. The van der Waals surface area contributed by atoms with Crippen molar-refractivity contribution in [3.05, 3.63) is 95.1 Å². The molecule has 7 heteroatoms. The first-order valence-electron chi connectivity index (χ1n) is 13.1. The fourth-order valence-electron chi connectivity index (χ4n) is 6.62. The number of aromatic nitrogens is 2. The minimum absolute atomic E-state index is 0. The van der Waals surface area contributed by atoms with E-state index in [4.69, 9.17) is 5.11 Å². The standard InChI is InChI=1S/C18H20N2.C11H14N2.CH4O.2ClH/c1-2-5-14(6-3-1)11-20-12-15-9-16-7-4-8-19-18(16)17(10-15)13-20;1-2-9-4-8-5-10(7-12-6-8)11(9)13-3-1;1-2;;/h1-8,15,17H,9-13H2;1-3,8,10,12H,4-7H2;2H,1H3;2*1H. The van der Waals surface area contributed by atoms with Crippen molar-refractivity contribution in [3.8, 4) is 0 Å². The van der Waals surface area contributed by atoms with Gasteiger partial charge in [0.15, 0.2) is 0 Å². The van der Waals surface area contributed by atoms with Crippen molar-refractivity contribution in [1.82, 2.24) is 20.2 Å². The van der Waals surface area contributed by atoms with E-state index >= 15 is 0 Å². The lowest BCUT2D eigenvalue weighted by Gasteiger charge is -2.41. The van der Waals surface area contributed by atoms with Gasteiger partial charge in [-0.25, -0.2) is 0 Å². The van der Waals surface area contributed by atoms with Gasteiger partial charge in [-0.3, -0.25) is 14.9 Å². The van der Waals surface area contributed by atoms with Crippen LogP contribution in [-0.2, 0) is 19.4 Å². The number of nitrogens with zero attached hydrogens (tertiary/aromatic N) is 3. The van der Waals surface area contributed by atoms with E-state index in [1.54, 1.807) is 0 Å². The van der Waals surface area contributed by atoms with E-state index < -0.39 is 0 Å². The van der Waals surface area contributed by atoms with E-state index in [2.05, 4.69) is 74.8 Å². The molecule has 2 saturated heterocycles. The molecule has 2 aliphatic carbocycles. The highest BCUT2D eigenvalue weighted by molar-refractivity contribution is 5.85. The number of benzene rings is 1. The molecule has 4 heterocycles. The van der Waals surface area contributed by atoms with Gasteiger partial charge in [-0.2, -0.15) is 0 Å². The number of pyridine rings is 2. The van der Waals surface area contributed by atoms with E-state index in [1.165, 1.54) is 66.9 Å². The molecule has 4 aliphatic rings. The number of halogens is 2. The van der Waals surface area contributed by atoms with Gasteiger partial charge in [0.25, 0.3) is 0 Å². The summed E-state index contributed by atoms with van der Waals surface area (Å²) < 4.78 is 0. The molecular formula is C30H40Cl2N4O. The Morgan fingerprint density at radius 3 is 2.08 bits per heavy atom. The van der Waals surface area contributed by atoms with Gasteiger partial charge in [0.05, 0.1) is 0 Å². The second kappa shape index (κ2) is 14.2. The Bertz CT molecular complexity index is 1100. The first-order chi connectivity index (χ1) is 17.3. The molecule has 0 saturated carbocycles. The third-order valence-electron chi connectivity index (χ3n) is 7.95. The Morgan fingerprint density at radius 2 is 1.38 bits per heavy atom. The predicted molar refractivity (Wildman–Crippen MR) is 155 cm³/mol. The number of aliphatic hydroxyl groups excluding tert-OH is 1. The Kier molecular flexibility index (Phi) is 11.4. The fourth-order valence-corrected chi connectivity index (χ4v) is 6.62. The summed E-state index contributed by atoms with van der Waals surface area (Å²) in [7, 11) is 1.00. The monoisotopic (exact) mass is 542 g/mol. The van der Waals surface area contributed by atoms with Crippen LogP contribution >= 0.6 is 24.8 Å². The van der Waals surface area contributed by atoms with Crippen LogP contribution in [0.4, 0.5) is 0 Å². The van der Waals surface area contributed by atoms with Crippen LogP contribution in [0.3, 0.4) is 0 Å². The quantitative estimate of drug-likeness (QED) is 0.475. The van der Waals surface area contributed by atoms with Crippen LogP contribution in [0.1, 0.15) is 52.8 Å². The summed E-state index contributed by atoms with van der Waals surface area (Å²) in [4.78, 5) is 11.8. The molecule has 0 spiro atoms. The molecule has 3 aromatic rings. The number of fused-ring (bicyclic) bond motifs is 8. The summed E-state index contributed by atoms with van der Waals surface area (Å²) in [5, 5.41) is 10.5. The number of aliphatic hydroxyl groups is 1. The molecule has 2 aliphatic heterocycles. The first kappa shape index (κ1) is 29.5. The van der Waals surface area contributed by atoms with Crippen molar-refractivity contribution >= 4 is 24.8 Å². The van der Waals surface area contributed by atoms with E-state index in [0.717, 1.165) is 38.6 Å². The van der Waals surface area contributed by atoms with Crippen LogP contribution in [0.5, 0.6) is 0 Å². The smallest absolute Gasteiger partial charge is 0.0479 e. The van der Waals surface area contributed by atoms with Crippen LogP contribution in [0.25, 0.3) is 0 Å². The third kappa shape index (κ3) is 7.10. The predicted octanol–water partition coefficient (Wildman–Crippen LogP) is 5.03. The fraction of sp³-hybridized carbons (Fsp3) is 0.467. The van der Waals surface area contributed by atoms with Crippen LogP contribution in [0.2, 0.25) is 0 Å². The molecule has 7 rings (SSSR count). The summed E-state index contributed by atoms with van der Waals surface area (Å²) in [6, 6.07) is 19.5. The van der Waals surface area contributed by atoms with Gasteiger partial charge in [0.2, 0.25) is 0 Å². The maximum absolute atomic E-state index is 7.00. The molecule has 5 nitrogen and oxygen atoms in total. The SMILES string of the molecule is CO.Cl.Cl.c1ccc(CN2CC3Cc4cccnc4C(C3)C2)cc1.c1cnc2c(c1)CC1CNCC2C1. The van der Waals surface area contributed by atoms with Crippen molar-refractivity contribution < 1.29 is 5.11 Å². The second-order valence-electron chi connectivity index (χ2n) is 10.4. The van der Waals surface area contributed by atoms with Crippen LogP contribution in [0, 0.1) is 11.8 Å². The lowest BCUT2D eigenvalue weighted by molar-refractivity contribution is 0.136. The molecule has 4 atom stereocenters. The summed E-state index contributed by atoms with van der Waals surface area (Å²) >= 11 is 0. The zero-order valence-electron chi connectivity index (χ0n) is 21.6. The average molecular weight is 544 g/mol. The van der Waals surface area contributed by atoms with Gasteiger partial charge in [0, 0.05) is 68.9 Å². The Balaban J connectivity index is 0.000000196. The first-order valence-corrected chi connectivity index (χ1v) is 13.1.